The van der Waals surface area contributed by atoms with Crippen LogP contribution in [0, 0.1) is 11.8 Å². The number of rotatable bonds is 3. The number of nitrogens with one attached hydrogen (secondary N) is 2. The van der Waals surface area contributed by atoms with Crippen LogP contribution in [-0.4, -0.2) is 27.8 Å². The number of carbonyl (C=O) groups is 1. The molecule has 0 aliphatic heterocycles. The van der Waals surface area contributed by atoms with Crippen LogP contribution in [0.25, 0.3) is 0 Å². The fraction of sp³-hybridized carbons (Fsp3) is 0.200. The average Bonchev–Trinajstić information content (AvgIpc) is 2.99. The van der Waals surface area contributed by atoms with Crippen LogP contribution in [0.1, 0.15) is 34.5 Å². The van der Waals surface area contributed by atoms with Gasteiger partial charge in [0.05, 0.1) is 12.2 Å². The molecule has 20 heavy (non-hydrogen) atoms. The van der Waals surface area contributed by atoms with Crippen molar-refractivity contribution in [2.24, 2.45) is 0 Å². The van der Waals surface area contributed by atoms with Gasteiger partial charge in [0.2, 0.25) is 0 Å². The quantitative estimate of drug-likeness (QED) is 0.734. The molecule has 1 amide bonds. The van der Waals surface area contributed by atoms with Gasteiger partial charge in [-0.25, -0.2) is 0 Å². The lowest BCUT2D eigenvalue weighted by molar-refractivity contribution is 0.0940. The Morgan fingerprint density at radius 3 is 3.10 bits per heavy atom. The first kappa shape index (κ1) is 13.8. The minimum absolute atomic E-state index is 0.131. The van der Waals surface area contributed by atoms with Crippen molar-refractivity contribution in [2.75, 3.05) is 6.61 Å². The van der Waals surface area contributed by atoms with E-state index in [9.17, 15) is 4.79 Å². The fourth-order valence-electron chi connectivity index (χ4n) is 1.74. The molecule has 0 fully saturated rings. The molecular formula is C15H15N3O2. The van der Waals surface area contributed by atoms with E-state index in [1.807, 2.05) is 6.92 Å². The van der Waals surface area contributed by atoms with E-state index >= 15 is 0 Å². The summed E-state index contributed by atoms with van der Waals surface area (Å²) in [5.41, 5.74) is 2.14. The van der Waals surface area contributed by atoms with E-state index in [0.717, 1.165) is 5.56 Å². The summed E-state index contributed by atoms with van der Waals surface area (Å²) >= 11 is 0. The molecule has 1 heterocycles. The predicted molar refractivity (Wildman–Crippen MR) is 74.9 cm³/mol. The molecule has 5 nitrogen and oxygen atoms in total. The van der Waals surface area contributed by atoms with Gasteiger partial charge in [0.1, 0.15) is 6.61 Å². The minimum atomic E-state index is -0.200. The Hall–Kier alpha value is -2.58. The Morgan fingerprint density at radius 2 is 2.40 bits per heavy atom. The van der Waals surface area contributed by atoms with E-state index in [4.69, 9.17) is 5.11 Å². The van der Waals surface area contributed by atoms with E-state index in [2.05, 4.69) is 27.4 Å². The summed E-state index contributed by atoms with van der Waals surface area (Å²) in [4.78, 5) is 12.1. The van der Waals surface area contributed by atoms with Crippen LogP contribution in [0.2, 0.25) is 0 Å². The second-order valence-electron chi connectivity index (χ2n) is 4.27. The summed E-state index contributed by atoms with van der Waals surface area (Å²) in [7, 11) is 0. The Labute approximate surface area is 117 Å². The van der Waals surface area contributed by atoms with Crippen molar-refractivity contribution in [3.05, 3.63) is 53.3 Å². The third kappa shape index (κ3) is 3.46. The maximum atomic E-state index is 12.1. The topological polar surface area (TPSA) is 78.0 Å². The summed E-state index contributed by atoms with van der Waals surface area (Å²) < 4.78 is 0. The van der Waals surface area contributed by atoms with E-state index in [0.29, 0.717) is 11.1 Å². The Morgan fingerprint density at radius 1 is 1.55 bits per heavy atom. The molecule has 2 rings (SSSR count). The SMILES string of the molecule is CC(NC(=O)c1cccc(C#CCO)c1)c1cn[nH]c1. The second kappa shape index (κ2) is 6.55. The van der Waals surface area contributed by atoms with E-state index < -0.39 is 0 Å². The molecule has 0 bridgehead atoms. The lowest BCUT2D eigenvalue weighted by atomic mass is 10.1. The molecule has 0 saturated carbocycles. The zero-order valence-electron chi connectivity index (χ0n) is 11.1. The summed E-state index contributed by atoms with van der Waals surface area (Å²) in [5.74, 6) is 5.16. The molecule has 0 aliphatic rings. The van der Waals surface area contributed by atoms with Crippen LogP contribution >= 0.6 is 0 Å². The van der Waals surface area contributed by atoms with Crippen molar-refractivity contribution in [3.8, 4) is 11.8 Å². The molecule has 0 spiro atoms. The van der Waals surface area contributed by atoms with Crippen LogP contribution in [-0.2, 0) is 0 Å². The number of aliphatic hydroxyl groups excluding tert-OH is 1. The first-order valence-electron chi connectivity index (χ1n) is 6.20. The first-order valence-corrected chi connectivity index (χ1v) is 6.20. The number of amides is 1. The number of nitrogens with zero attached hydrogens (tertiary/aromatic N) is 1. The second-order valence-corrected chi connectivity index (χ2v) is 4.27. The Kier molecular flexibility index (Phi) is 4.53. The number of aliphatic hydroxyl groups is 1. The maximum absolute atomic E-state index is 12.1. The number of hydrogen-bond acceptors (Lipinski definition) is 3. The van der Waals surface area contributed by atoms with Crippen molar-refractivity contribution < 1.29 is 9.90 Å². The smallest absolute Gasteiger partial charge is 0.251 e. The van der Waals surface area contributed by atoms with E-state index in [1.54, 1.807) is 36.7 Å². The van der Waals surface area contributed by atoms with Gasteiger partial charge in [-0.1, -0.05) is 17.9 Å². The monoisotopic (exact) mass is 269 g/mol. The highest BCUT2D eigenvalue weighted by Gasteiger charge is 2.12. The molecule has 0 radical (unpaired) electrons. The summed E-state index contributed by atoms with van der Waals surface area (Å²) in [6.07, 6.45) is 3.42. The Bertz CT molecular complexity index is 639. The highest BCUT2D eigenvalue weighted by Crippen LogP contribution is 2.11. The number of hydrogen-bond donors (Lipinski definition) is 3. The Balaban J connectivity index is 2.09. The zero-order valence-corrected chi connectivity index (χ0v) is 11.1. The highest BCUT2D eigenvalue weighted by molar-refractivity contribution is 5.94. The van der Waals surface area contributed by atoms with Crippen LogP contribution in [0.15, 0.2) is 36.7 Å². The molecule has 2 aromatic rings. The zero-order chi connectivity index (χ0) is 14.4. The predicted octanol–water partition coefficient (Wildman–Crippen LogP) is 1.24. The molecule has 1 atom stereocenters. The van der Waals surface area contributed by atoms with Crippen LogP contribution < -0.4 is 5.32 Å². The van der Waals surface area contributed by atoms with Crippen LogP contribution in [0.5, 0.6) is 0 Å². The molecule has 0 saturated heterocycles. The molecule has 1 aromatic heterocycles. The van der Waals surface area contributed by atoms with Gasteiger partial charge >= 0.3 is 0 Å². The minimum Gasteiger partial charge on any atom is -0.384 e. The van der Waals surface area contributed by atoms with E-state index in [-0.39, 0.29) is 18.6 Å². The van der Waals surface area contributed by atoms with Gasteiger partial charge in [0, 0.05) is 22.9 Å². The third-order valence-electron chi connectivity index (χ3n) is 2.80. The molecule has 0 aliphatic carbocycles. The molecule has 1 unspecified atom stereocenters. The molecular weight excluding hydrogens is 254 g/mol. The van der Waals surface area contributed by atoms with Crippen molar-refractivity contribution >= 4 is 5.91 Å². The van der Waals surface area contributed by atoms with Crippen molar-refractivity contribution in [1.29, 1.82) is 0 Å². The van der Waals surface area contributed by atoms with Gasteiger partial charge < -0.3 is 10.4 Å². The number of benzene rings is 1. The highest BCUT2D eigenvalue weighted by atomic mass is 16.2. The first-order chi connectivity index (χ1) is 9.70. The van der Waals surface area contributed by atoms with E-state index in [1.165, 1.54) is 0 Å². The number of aromatic amines is 1. The maximum Gasteiger partial charge on any atom is 0.251 e. The summed E-state index contributed by atoms with van der Waals surface area (Å²) in [6, 6.07) is 6.84. The van der Waals surface area contributed by atoms with Gasteiger partial charge in [-0.2, -0.15) is 5.10 Å². The normalized spacial score (nSPS) is 11.3. The lowest BCUT2D eigenvalue weighted by Gasteiger charge is -2.12. The standard InChI is InChI=1S/C15H15N3O2/c1-11(14-9-16-17-10-14)18-15(20)13-6-2-4-12(8-13)5-3-7-19/h2,4,6,8-11,19H,7H2,1H3,(H,16,17)(H,18,20). The van der Waals surface area contributed by atoms with Gasteiger partial charge in [-0.3, -0.25) is 9.89 Å². The van der Waals surface area contributed by atoms with Crippen molar-refractivity contribution in [1.82, 2.24) is 15.5 Å². The van der Waals surface area contributed by atoms with Crippen LogP contribution in [0.4, 0.5) is 0 Å². The van der Waals surface area contributed by atoms with Crippen molar-refractivity contribution in [3.63, 3.8) is 0 Å². The number of carbonyl (C=O) groups excluding carboxylic acids is 1. The lowest BCUT2D eigenvalue weighted by Crippen LogP contribution is -2.26. The largest absolute Gasteiger partial charge is 0.384 e. The number of aromatic nitrogens is 2. The fourth-order valence-corrected chi connectivity index (χ4v) is 1.74. The third-order valence-corrected chi connectivity index (χ3v) is 2.80. The van der Waals surface area contributed by atoms with Crippen molar-refractivity contribution in [2.45, 2.75) is 13.0 Å². The number of H-pyrrole nitrogens is 1. The van der Waals surface area contributed by atoms with Gasteiger partial charge in [-0.15, -0.1) is 0 Å². The summed E-state index contributed by atoms with van der Waals surface area (Å²) in [6.45, 7) is 1.69. The molecule has 1 aromatic carbocycles. The van der Waals surface area contributed by atoms with Gasteiger partial charge in [0.15, 0.2) is 0 Å². The molecule has 5 heteroatoms. The molecule has 3 N–H and O–H groups in total. The molecule has 102 valence electrons. The van der Waals surface area contributed by atoms with Gasteiger partial charge in [0.25, 0.3) is 5.91 Å². The van der Waals surface area contributed by atoms with Gasteiger partial charge in [-0.05, 0) is 25.1 Å². The summed E-state index contributed by atoms with van der Waals surface area (Å²) in [5, 5.41) is 18.1. The van der Waals surface area contributed by atoms with Crippen LogP contribution in [0.3, 0.4) is 0 Å². The average molecular weight is 269 g/mol.